The van der Waals surface area contributed by atoms with Gasteiger partial charge in [0.05, 0.1) is 0 Å². The van der Waals surface area contributed by atoms with Gasteiger partial charge in [-0.15, -0.1) is 6.07 Å². The molecule has 0 saturated heterocycles. The van der Waals surface area contributed by atoms with Crippen LogP contribution in [0.2, 0.25) is 0 Å². The zero-order chi connectivity index (χ0) is 7.72. The minimum absolute atomic E-state index is 0. The number of benzene rings is 1. The van der Waals surface area contributed by atoms with Gasteiger partial charge in [0.1, 0.15) is 0 Å². The summed E-state index contributed by atoms with van der Waals surface area (Å²) in [4.78, 5) is 0. The van der Waals surface area contributed by atoms with Crippen LogP contribution in [-0.4, -0.2) is 23.1 Å². The fraction of sp³-hybridized carbons (Fsp3) is 0.143. The summed E-state index contributed by atoms with van der Waals surface area (Å²) >= 11 is 0. The van der Waals surface area contributed by atoms with Gasteiger partial charge in [-0.1, -0.05) is 18.6 Å². The summed E-state index contributed by atoms with van der Waals surface area (Å²) < 4.78 is 36.7. The fourth-order valence-electron chi connectivity index (χ4n) is 0.559. The van der Waals surface area contributed by atoms with Crippen LogP contribution in [0.25, 0.3) is 0 Å². The third-order valence-corrected chi connectivity index (χ3v) is 1.17. The maximum Gasteiger partial charge on any atom is 2.00 e. The van der Waals surface area contributed by atoms with E-state index in [1.807, 2.05) is 0 Å². The molecule has 0 amide bonds. The SMILES string of the molecule is Cc1c(F)[c-]c(F)cc1F.[Cl-].[Mg+2]. The Morgan fingerprint density at radius 1 is 1.25 bits per heavy atom. The Morgan fingerprint density at radius 2 is 1.75 bits per heavy atom. The van der Waals surface area contributed by atoms with E-state index in [0.29, 0.717) is 6.07 Å². The average molecular weight is 205 g/mol. The first-order valence-electron chi connectivity index (χ1n) is 2.64. The maximum atomic E-state index is 12.3. The van der Waals surface area contributed by atoms with Crippen LogP contribution >= 0.6 is 0 Å². The van der Waals surface area contributed by atoms with Gasteiger partial charge >= 0.3 is 23.1 Å². The van der Waals surface area contributed by atoms with Gasteiger partial charge in [0.15, 0.2) is 0 Å². The molecule has 0 bridgehead atoms. The van der Waals surface area contributed by atoms with Crippen molar-refractivity contribution in [2.75, 3.05) is 0 Å². The molecule has 0 nitrogen and oxygen atoms in total. The molecule has 0 aliphatic rings. The molecule has 0 unspecified atom stereocenters. The van der Waals surface area contributed by atoms with E-state index >= 15 is 0 Å². The number of rotatable bonds is 0. The summed E-state index contributed by atoms with van der Waals surface area (Å²) in [6, 6.07) is 2.30. The van der Waals surface area contributed by atoms with Gasteiger partial charge < -0.3 is 12.4 Å². The van der Waals surface area contributed by atoms with Crippen LogP contribution in [-0.2, 0) is 0 Å². The summed E-state index contributed by atoms with van der Waals surface area (Å²) in [7, 11) is 0. The van der Waals surface area contributed by atoms with Crippen molar-refractivity contribution < 1.29 is 25.6 Å². The molecule has 0 fully saturated rings. The molecule has 62 valence electrons. The second-order valence-corrected chi connectivity index (χ2v) is 1.90. The number of hydrogen-bond donors (Lipinski definition) is 0. The second-order valence-electron chi connectivity index (χ2n) is 1.90. The van der Waals surface area contributed by atoms with Crippen molar-refractivity contribution >= 4 is 23.1 Å². The molecule has 0 heterocycles. The Hall–Kier alpha value is 0.0662. The molecule has 0 aromatic heterocycles. The molecule has 0 radical (unpaired) electrons. The molecular weight excluding hydrogens is 201 g/mol. The quantitative estimate of drug-likeness (QED) is 0.370. The molecule has 1 rings (SSSR count). The Bertz CT molecular complexity index is 242. The van der Waals surface area contributed by atoms with E-state index in [9.17, 15) is 13.2 Å². The summed E-state index contributed by atoms with van der Waals surface area (Å²) in [6.45, 7) is 1.22. The molecule has 0 spiro atoms. The first kappa shape index (κ1) is 14.6. The van der Waals surface area contributed by atoms with Gasteiger partial charge in [0, 0.05) is 17.5 Å². The molecule has 0 N–H and O–H groups in total. The van der Waals surface area contributed by atoms with Crippen molar-refractivity contribution in [2.24, 2.45) is 0 Å². The van der Waals surface area contributed by atoms with Crippen molar-refractivity contribution in [3.8, 4) is 0 Å². The molecule has 1 aromatic carbocycles. The van der Waals surface area contributed by atoms with Crippen LogP contribution in [0, 0.1) is 30.4 Å². The Balaban J connectivity index is 0. The van der Waals surface area contributed by atoms with Crippen molar-refractivity contribution in [3.63, 3.8) is 0 Å². The van der Waals surface area contributed by atoms with E-state index in [2.05, 4.69) is 0 Å². The summed E-state index contributed by atoms with van der Waals surface area (Å²) in [6.07, 6.45) is 0. The zero-order valence-electron chi connectivity index (χ0n) is 6.30. The van der Waals surface area contributed by atoms with Crippen LogP contribution in [0.1, 0.15) is 5.56 Å². The van der Waals surface area contributed by atoms with Gasteiger partial charge in [-0.2, -0.15) is 0 Å². The third-order valence-electron chi connectivity index (χ3n) is 1.17. The van der Waals surface area contributed by atoms with Crippen molar-refractivity contribution in [3.05, 3.63) is 35.1 Å². The maximum absolute atomic E-state index is 12.3. The minimum atomic E-state index is -1.01. The van der Waals surface area contributed by atoms with Gasteiger partial charge in [-0.3, -0.25) is 0 Å². The fourth-order valence-corrected chi connectivity index (χ4v) is 0.559. The average Bonchev–Trinajstić information content (AvgIpc) is 1.82. The molecular formula is C7H4ClF3Mg. The Morgan fingerprint density at radius 3 is 2.17 bits per heavy atom. The number of halogens is 4. The van der Waals surface area contributed by atoms with E-state index < -0.39 is 17.5 Å². The first-order valence-corrected chi connectivity index (χ1v) is 2.64. The molecule has 12 heavy (non-hydrogen) atoms. The number of hydrogen-bond acceptors (Lipinski definition) is 0. The Labute approximate surface area is 90.7 Å². The van der Waals surface area contributed by atoms with Gasteiger partial charge in [-0.25, -0.2) is 13.2 Å². The van der Waals surface area contributed by atoms with E-state index in [1.165, 1.54) is 6.92 Å². The van der Waals surface area contributed by atoms with Crippen molar-refractivity contribution in [1.82, 2.24) is 0 Å². The van der Waals surface area contributed by atoms with Crippen molar-refractivity contribution in [1.29, 1.82) is 0 Å². The first-order chi connectivity index (χ1) is 4.61. The van der Waals surface area contributed by atoms with Crippen LogP contribution < -0.4 is 12.4 Å². The van der Waals surface area contributed by atoms with Crippen LogP contribution in [0.5, 0.6) is 0 Å². The van der Waals surface area contributed by atoms with Gasteiger partial charge in [0.25, 0.3) is 0 Å². The van der Waals surface area contributed by atoms with E-state index in [-0.39, 0.29) is 41.0 Å². The van der Waals surface area contributed by atoms with Gasteiger partial charge in [-0.05, 0) is 0 Å². The Kier molecular flexibility index (Phi) is 6.89. The molecule has 0 aliphatic carbocycles. The third kappa shape index (κ3) is 3.21. The molecule has 1 aromatic rings. The van der Waals surface area contributed by atoms with E-state index in [4.69, 9.17) is 0 Å². The molecule has 5 heteroatoms. The van der Waals surface area contributed by atoms with Crippen LogP contribution in [0.15, 0.2) is 6.07 Å². The summed E-state index contributed by atoms with van der Waals surface area (Å²) in [5.74, 6) is -2.87. The van der Waals surface area contributed by atoms with E-state index in [1.54, 1.807) is 6.07 Å². The monoisotopic (exact) mass is 204 g/mol. The van der Waals surface area contributed by atoms with E-state index in [0.717, 1.165) is 0 Å². The van der Waals surface area contributed by atoms with Gasteiger partial charge in [0.2, 0.25) is 0 Å². The van der Waals surface area contributed by atoms with Crippen LogP contribution in [0.3, 0.4) is 0 Å². The largest absolute Gasteiger partial charge is 2.00 e. The molecule has 0 saturated carbocycles. The predicted molar refractivity (Wildman–Crippen MR) is 35.6 cm³/mol. The summed E-state index contributed by atoms with van der Waals surface area (Å²) in [5.41, 5.74) is -0.207. The second kappa shape index (κ2) is 5.67. The molecule has 0 aliphatic heterocycles. The predicted octanol–water partition coefficient (Wildman–Crippen LogP) is -1.16. The smallest absolute Gasteiger partial charge is 1.00 e. The summed E-state index contributed by atoms with van der Waals surface area (Å²) in [5, 5.41) is 0. The van der Waals surface area contributed by atoms with Crippen LogP contribution in [0.4, 0.5) is 13.2 Å². The van der Waals surface area contributed by atoms with Crippen molar-refractivity contribution in [2.45, 2.75) is 6.92 Å². The molecule has 0 atom stereocenters. The zero-order valence-corrected chi connectivity index (χ0v) is 8.47. The normalized spacial score (nSPS) is 8.33. The minimum Gasteiger partial charge on any atom is -1.00 e. The standard InChI is InChI=1S/C7H4F3.ClH.Mg/c1-4-6(9)2-5(8)3-7(4)10;;/h2H,1H3;1H;/q-1;;+2/p-1. The topological polar surface area (TPSA) is 0 Å².